The average Bonchev–Trinajstić information content (AvgIpc) is 3.13. The number of hydrogen-bond donors (Lipinski definition) is 0. The maximum atomic E-state index is 13.3. The zero-order valence-corrected chi connectivity index (χ0v) is 29.6. The molecule has 3 nitrogen and oxygen atoms in total. The van der Waals surface area contributed by atoms with Gasteiger partial charge in [0.05, 0.1) is 7.11 Å². The number of methoxy groups -OCH3 is 1. The van der Waals surface area contributed by atoms with Crippen LogP contribution in [0.25, 0.3) is 10.1 Å². The van der Waals surface area contributed by atoms with Crippen LogP contribution in [0.4, 0.5) is 0 Å². The molecule has 0 fully saturated rings. The molecular weight excluding hydrogens is 597 g/mol. The Labute approximate surface area is 278 Å². The smallest absolute Gasteiger partial charge is 0.469 e. The summed E-state index contributed by atoms with van der Waals surface area (Å²) >= 11 is 7.95. The fraction of sp³-hybridized carbons (Fsp3) is 0.414. The van der Waals surface area contributed by atoms with Gasteiger partial charge in [-0.1, -0.05) is 61.2 Å². The maximum Gasteiger partial charge on any atom is 1.00 e. The van der Waals surface area contributed by atoms with E-state index in [2.05, 4.69) is 31.2 Å². The molecule has 0 amide bonds. The molecule has 1 atom stereocenters. The van der Waals surface area contributed by atoms with Crippen LogP contribution in [0.5, 0.6) is 0 Å². The van der Waals surface area contributed by atoms with Crippen LogP contribution in [0, 0.1) is 20.3 Å². The molecule has 0 aliphatic rings. The van der Waals surface area contributed by atoms with E-state index < -0.39 is 0 Å². The largest absolute Gasteiger partial charge is 1.00 e. The monoisotopic (exact) mass is 632 g/mol. The Kier molecular flexibility index (Phi) is 15.7. The number of carbonyl (C=O) groups is 2. The second kappa shape index (κ2) is 16.7. The Hall–Kier alpha value is -0.118. The van der Waals surface area contributed by atoms with Gasteiger partial charge in [-0.15, -0.1) is 11.3 Å². The minimum Gasteiger partial charge on any atom is -0.469 e. The zero-order valence-electron chi connectivity index (χ0n) is 21.8. The third-order valence-corrected chi connectivity index (χ3v) is 7.45. The first-order chi connectivity index (χ1) is 15.9. The number of carbonyl (C=O) groups excluding carboxylic acids is 2. The Morgan fingerprint density at radius 3 is 2.40 bits per heavy atom. The molecule has 0 radical (unpaired) electrons. The summed E-state index contributed by atoms with van der Waals surface area (Å²) in [6, 6.07) is 14.5. The average molecular weight is 633 g/mol. The van der Waals surface area contributed by atoms with E-state index in [-0.39, 0.29) is 100 Å². The van der Waals surface area contributed by atoms with Gasteiger partial charge in [-0.2, -0.15) is 0 Å². The first kappa shape index (κ1) is 32.9. The van der Waals surface area contributed by atoms with E-state index in [4.69, 9.17) is 16.3 Å². The van der Waals surface area contributed by atoms with Crippen molar-refractivity contribution in [1.82, 2.24) is 0 Å². The molecule has 0 saturated heterocycles. The molecule has 0 aliphatic carbocycles. The van der Waals surface area contributed by atoms with Crippen molar-refractivity contribution in [2.24, 2.45) is 5.92 Å². The number of halogens is 1. The summed E-state index contributed by atoms with van der Waals surface area (Å²) in [6.07, 6.45) is 7.17. The van der Waals surface area contributed by atoms with Crippen LogP contribution in [0.3, 0.4) is 0 Å². The number of fused-ring (bicyclic) bond motifs is 1. The second-order valence-corrected chi connectivity index (χ2v) is 10.5. The number of unbranched alkanes of at least 4 members (excludes halogenated alkanes) is 3. The molecule has 6 heteroatoms. The van der Waals surface area contributed by atoms with Crippen LogP contribution < -0.4 is 68.9 Å². The number of Topliss-reactive ketones (excluding diaryl/α,β-unsaturated/α-hetero) is 1. The van der Waals surface area contributed by atoms with Crippen LogP contribution in [0.1, 0.15) is 71.8 Å². The van der Waals surface area contributed by atoms with Gasteiger partial charge in [0.25, 0.3) is 0 Å². The molecule has 0 unspecified atom stereocenters. The predicted molar refractivity (Wildman–Crippen MR) is 145 cm³/mol. The van der Waals surface area contributed by atoms with E-state index in [9.17, 15) is 9.59 Å². The predicted octanol–water partition coefficient (Wildman–Crippen LogP) is 5.44. The van der Waals surface area contributed by atoms with Gasteiger partial charge in [-0.25, -0.2) is 0 Å². The third kappa shape index (κ3) is 10.3. The minimum absolute atomic E-state index is 0. The quantitative estimate of drug-likeness (QED) is 0.116. The maximum absolute atomic E-state index is 13.3. The van der Waals surface area contributed by atoms with Crippen LogP contribution in [-0.2, 0) is 22.4 Å². The molecule has 1 heterocycles. The van der Waals surface area contributed by atoms with E-state index in [0.29, 0.717) is 11.4 Å². The molecule has 0 saturated carbocycles. The Morgan fingerprint density at radius 2 is 1.71 bits per heavy atom. The number of rotatable bonds is 12. The number of ether oxygens (including phenoxy) is 1. The van der Waals surface area contributed by atoms with E-state index in [1.807, 2.05) is 25.1 Å². The fourth-order valence-corrected chi connectivity index (χ4v) is 5.71. The standard InChI is InChI=1S/C28H33ClO3S.CH3.Cs/c1-19-9-8-11-21(15-19)10-6-4-5-7-12-26-28(23-18-22(29)13-14-25(23)33-26)24(30)16-20(2)17-27(31)32-3;;/h8-9,11,13-15,18,20H,4-7,10,12,16-17H2,1-3H3;1H3;/q;-1;+1/t20-;;/m0../s1. The van der Waals surface area contributed by atoms with Gasteiger partial charge in [0.2, 0.25) is 0 Å². The Morgan fingerprint density at radius 1 is 1.00 bits per heavy atom. The first-order valence-corrected chi connectivity index (χ1v) is 12.9. The van der Waals surface area contributed by atoms with Gasteiger partial charge < -0.3 is 12.2 Å². The molecule has 0 spiro atoms. The number of thiophene rings is 1. The van der Waals surface area contributed by atoms with Crippen molar-refractivity contribution >= 4 is 44.8 Å². The Bertz CT molecular complexity index is 1110. The van der Waals surface area contributed by atoms with Crippen LogP contribution in [-0.4, -0.2) is 18.9 Å². The Balaban J connectivity index is 0.00000306. The summed E-state index contributed by atoms with van der Waals surface area (Å²) < 4.78 is 5.85. The van der Waals surface area contributed by atoms with Crippen molar-refractivity contribution < 1.29 is 83.2 Å². The fourth-order valence-electron chi connectivity index (χ4n) is 4.30. The molecule has 3 rings (SSSR count). The number of aryl methyl sites for hydroxylation is 3. The summed E-state index contributed by atoms with van der Waals surface area (Å²) in [5, 5.41) is 1.58. The summed E-state index contributed by atoms with van der Waals surface area (Å²) in [4.78, 5) is 26.0. The molecule has 3 aromatic rings. The van der Waals surface area contributed by atoms with Crippen molar-refractivity contribution in [1.29, 1.82) is 0 Å². The van der Waals surface area contributed by atoms with E-state index in [1.165, 1.54) is 31.1 Å². The molecule has 0 bridgehead atoms. The van der Waals surface area contributed by atoms with Crippen molar-refractivity contribution in [2.45, 2.75) is 65.2 Å². The van der Waals surface area contributed by atoms with Crippen LogP contribution in [0.2, 0.25) is 5.02 Å². The second-order valence-electron chi connectivity index (χ2n) is 8.96. The first-order valence-electron chi connectivity index (χ1n) is 11.7. The number of hydrogen-bond acceptors (Lipinski definition) is 4. The zero-order chi connectivity index (χ0) is 23.8. The summed E-state index contributed by atoms with van der Waals surface area (Å²) in [6.45, 7) is 4.06. The van der Waals surface area contributed by atoms with E-state index >= 15 is 0 Å². The summed E-state index contributed by atoms with van der Waals surface area (Å²) in [5.74, 6) is -0.248. The molecule has 1 aromatic heterocycles. The third-order valence-electron chi connectivity index (χ3n) is 5.98. The number of esters is 1. The SMILES string of the molecule is COC(=O)C[C@@H](C)CC(=O)c1c(CCCCCCc2cccc(C)c2)sc2ccc(Cl)cc12.[CH3-].[Cs+]. The van der Waals surface area contributed by atoms with Crippen molar-refractivity contribution in [3.8, 4) is 0 Å². The molecule has 184 valence electrons. The van der Waals surface area contributed by atoms with E-state index in [1.54, 1.807) is 11.3 Å². The molecule has 35 heavy (non-hydrogen) atoms. The van der Waals surface area contributed by atoms with Gasteiger partial charge in [-0.3, -0.25) is 9.59 Å². The summed E-state index contributed by atoms with van der Waals surface area (Å²) in [7, 11) is 1.38. The van der Waals surface area contributed by atoms with Crippen molar-refractivity contribution in [3.63, 3.8) is 0 Å². The molecule has 0 N–H and O–H groups in total. The molecule has 2 aromatic carbocycles. The summed E-state index contributed by atoms with van der Waals surface area (Å²) in [5.41, 5.74) is 3.52. The van der Waals surface area contributed by atoms with Gasteiger partial charge in [-0.05, 0) is 62.3 Å². The van der Waals surface area contributed by atoms with Crippen LogP contribution >= 0.6 is 22.9 Å². The van der Waals surface area contributed by atoms with E-state index in [0.717, 1.165) is 46.2 Å². The normalized spacial score (nSPS) is 11.4. The van der Waals surface area contributed by atoms with Gasteiger partial charge in [0.15, 0.2) is 5.78 Å². The minimum atomic E-state index is -0.278. The van der Waals surface area contributed by atoms with Gasteiger partial charge >= 0.3 is 74.9 Å². The van der Waals surface area contributed by atoms with Gasteiger partial charge in [0.1, 0.15) is 0 Å². The molecule has 0 aliphatic heterocycles. The molecular formula is C29H36ClCsO3S. The topological polar surface area (TPSA) is 43.4 Å². The van der Waals surface area contributed by atoms with Crippen molar-refractivity contribution in [3.05, 3.63) is 76.5 Å². The van der Waals surface area contributed by atoms with Crippen LogP contribution in [0.15, 0.2) is 42.5 Å². The number of benzene rings is 2. The van der Waals surface area contributed by atoms with Gasteiger partial charge in [0, 0.05) is 38.4 Å². The van der Waals surface area contributed by atoms with Crippen molar-refractivity contribution in [2.75, 3.05) is 7.11 Å². The number of ketones is 1.